The molecule has 1 heterocycles. The maximum absolute atomic E-state index is 6.75. The SMILES string of the molecule is c1ccc(-c2c3ccccc3c(-c3cccc4c3Oc3cccc5cccc-4c35)c3ccccc23)cc1. The zero-order valence-corrected chi connectivity index (χ0v) is 20.1. The van der Waals surface area contributed by atoms with Crippen LogP contribution in [0.2, 0.25) is 0 Å². The van der Waals surface area contributed by atoms with Gasteiger partial charge in [0.1, 0.15) is 11.5 Å². The highest BCUT2D eigenvalue weighted by molar-refractivity contribution is 6.22. The molecular weight excluding hydrogens is 448 g/mol. The topological polar surface area (TPSA) is 9.23 Å². The van der Waals surface area contributed by atoms with E-state index < -0.39 is 0 Å². The van der Waals surface area contributed by atoms with Crippen molar-refractivity contribution >= 4 is 32.3 Å². The lowest BCUT2D eigenvalue weighted by Gasteiger charge is -2.25. The second kappa shape index (κ2) is 7.81. The van der Waals surface area contributed by atoms with Crippen molar-refractivity contribution < 1.29 is 4.74 Å². The van der Waals surface area contributed by atoms with Crippen LogP contribution in [0.3, 0.4) is 0 Å². The summed E-state index contributed by atoms with van der Waals surface area (Å²) in [6.07, 6.45) is 0. The number of rotatable bonds is 2. The van der Waals surface area contributed by atoms with Crippen LogP contribution < -0.4 is 4.74 Å². The number of para-hydroxylation sites is 1. The third kappa shape index (κ3) is 2.92. The molecule has 0 aliphatic carbocycles. The first-order valence-corrected chi connectivity index (χ1v) is 12.7. The summed E-state index contributed by atoms with van der Waals surface area (Å²) < 4.78 is 6.75. The molecule has 0 amide bonds. The molecule has 7 aromatic carbocycles. The highest BCUT2D eigenvalue weighted by Gasteiger charge is 2.25. The minimum Gasteiger partial charge on any atom is -0.455 e. The van der Waals surface area contributed by atoms with E-state index in [0.29, 0.717) is 0 Å². The van der Waals surface area contributed by atoms with E-state index in [1.54, 1.807) is 0 Å². The van der Waals surface area contributed by atoms with Crippen LogP contribution in [-0.4, -0.2) is 0 Å². The lowest BCUT2D eigenvalue weighted by atomic mass is 9.84. The van der Waals surface area contributed by atoms with E-state index in [2.05, 4.69) is 133 Å². The van der Waals surface area contributed by atoms with Crippen molar-refractivity contribution in [3.05, 3.63) is 133 Å². The highest BCUT2D eigenvalue weighted by Crippen LogP contribution is 2.53. The molecule has 0 atom stereocenters. The summed E-state index contributed by atoms with van der Waals surface area (Å²) in [5, 5.41) is 7.35. The van der Waals surface area contributed by atoms with Gasteiger partial charge in [0.05, 0.1) is 0 Å². The van der Waals surface area contributed by atoms with Crippen molar-refractivity contribution in [2.75, 3.05) is 0 Å². The van der Waals surface area contributed by atoms with Crippen LogP contribution in [-0.2, 0) is 0 Å². The molecule has 0 saturated heterocycles. The van der Waals surface area contributed by atoms with E-state index in [1.807, 2.05) is 0 Å². The van der Waals surface area contributed by atoms with Gasteiger partial charge in [-0.3, -0.25) is 0 Å². The minimum absolute atomic E-state index is 0.919. The maximum Gasteiger partial charge on any atom is 0.143 e. The first kappa shape index (κ1) is 20.3. The summed E-state index contributed by atoms with van der Waals surface area (Å²) in [4.78, 5) is 0. The Bertz CT molecular complexity index is 1940. The van der Waals surface area contributed by atoms with Crippen LogP contribution in [0.25, 0.3) is 65.7 Å². The minimum atomic E-state index is 0.919. The third-order valence-electron chi connectivity index (χ3n) is 7.65. The maximum atomic E-state index is 6.75. The molecule has 7 aromatic rings. The number of fused-ring (bicyclic) bond motifs is 4. The fourth-order valence-electron chi connectivity index (χ4n) is 6.12. The van der Waals surface area contributed by atoms with Crippen molar-refractivity contribution in [3.63, 3.8) is 0 Å². The van der Waals surface area contributed by atoms with Crippen LogP contribution in [0.15, 0.2) is 133 Å². The van der Waals surface area contributed by atoms with Gasteiger partial charge in [-0.1, -0.05) is 127 Å². The van der Waals surface area contributed by atoms with Crippen molar-refractivity contribution in [2.45, 2.75) is 0 Å². The lowest BCUT2D eigenvalue weighted by Crippen LogP contribution is -1.99. The Morgan fingerprint density at radius 1 is 0.378 bits per heavy atom. The molecule has 0 saturated carbocycles. The van der Waals surface area contributed by atoms with Crippen LogP contribution in [0, 0.1) is 0 Å². The Kier molecular flexibility index (Phi) is 4.29. The normalized spacial score (nSPS) is 12.0. The summed E-state index contributed by atoms with van der Waals surface area (Å²) in [5.74, 6) is 1.85. The van der Waals surface area contributed by atoms with Crippen molar-refractivity contribution in [1.29, 1.82) is 0 Å². The molecule has 172 valence electrons. The number of ether oxygens (including phenoxy) is 1. The summed E-state index contributed by atoms with van der Waals surface area (Å²) in [5.41, 5.74) is 7.21. The molecule has 0 fully saturated rings. The average molecular weight is 471 g/mol. The molecular formula is C36H22O. The molecule has 0 aromatic heterocycles. The van der Waals surface area contributed by atoms with Gasteiger partial charge in [-0.05, 0) is 49.7 Å². The number of hydrogen-bond donors (Lipinski definition) is 0. The monoisotopic (exact) mass is 470 g/mol. The Labute approximate surface area is 215 Å². The Balaban J connectivity index is 1.51. The van der Waals surface area contributed by atoms with Crippen molar-refractivity contribution in [3.8, 4) is 44.9 Å². The summed E-state index contributed by atoms with van der Waals surface area (Å²) in [6.45, 7) is 0. The van der Waals surface area contributed by atoms with Gasteiger partial charge in [0.15, 0.2) is 0 Å². The predicted molar refractivity (Wildman–Crippen MR) is 155 cm³/mol. The van der Waals surface area contributed by atoms with E-state index in [4.69, 9.17) is 4.74 Å². The molecule has 1 aliphatic heterocycles. The zero-order chi connectivity index (χ0) is 24.3. The lowest BCUT2D eigenvalue weighted by molar-refractivity contribution is 0.489. The molecule has 1 heteroatoms. The summed E-state index contributed by atoms with van der Waals surface area (Å²) >= 11 is 0. The van der Waals surface area contributed by atoms with Crippen LogP contribution in [0.5, 0.6) is 11.5 Å². The van der Waals surface area contributed by atoms with Gasteiger partial charge in [-0.25, -0.2) is 0 Å². The Morgan fingerprint density at radius 2 is 0.919 bits per heavy atom. The predicted octanol–water partition coefficient (Wildman–Crippen LogP) is 10.3. The van der Waals surface area contributed by atoms with Crippen molar-refractivity contribution in [2.24, 2.45) is 0 Å². The van der Waals surface area contributed by atoms with E-state index >= 15 is 0 Å². The standard InChI is InChI=1S/C36H22O/c1-2-11-23(12-3-1)33-25-15-4-6-17-27(25)35(28-18-7-5-16-26(28)33)31-21-10-20-30-29-19-8-13-24-14-9-22-32(34(24)29)37-36(30)31/h1-22H. The van der Waals surface area contributed by atoms with Crippen molar-refractivity contribution in [1.82, 2.24) is 0 Å². The molecule has 0 radical (unpaired) electrons. The highest BCUT2D eigenvalue weighted by atomic mass is 16.5. The van der Waals surface area contributed by atoms with E-state index in [1.165, 1.54) is 54.6 Å². The zero-order valence-electron chi connectivity index (χ0n) is 20.1. The number of benzene rings is 7. The van der Waals surface area contributed by atoms with Crippen LogP contribution in [0.4, 0.5) is 0 Å². The third-order valence-corrected chi connectivity index (χ3v) is 7.65. The molecule has 0 spiro atoms. The van der Waals surface area contributed by atoms with Gasteiger partial charge in [0.2, 0.25) is 0 Å². The molecule has 37 heavy (non-hydrogen) atoms. The average Bonchev–Trinajstić information content (AvgIpc) is 2.96. The molecule has 1 aliphatic rings. The molecule has 8 rings (SSSR count). The van der Waals surface area contributed by atoms with E-state index in [-0.39, 0.29) is 0 Å². The van der Waals surface area contributed by atoms with E-state index in [0.717, 1.165) is 22.6 Å². The van der Waals surface area contributed by atoms with Gasteiger partial charge >= 0.3 is 0 Å². The van der Waals surface area contributed by atoms with Gasteiger partial charge < -0.3 is 4.74 Å². The summed E-state index contributed by atoms with van der Waals surface area (Å²) in [7, 11) is 0. The van der Waals surface area contributed by atoms with Gasteiger partial charge in [-0.2, -0.15) is 0 Å². The molecule has 0 N–H and O–H groups in total. The van der Waals surface area contributed by atoms with Crippen LogP contribution >= 0.6 is 0 Å². The summed E-state index contributed by atoms with van der Waals surface area (Å²) in [6, 6.07) is 47.7. The van der Waals surface area contributed by atoms with Gasteiger partial charge in [-0.15, -0.1) is 0 Å². The molecule has 1 nitrogen and oxygen atoms in total. The number of hydrogen-bond acceptors (Lipinski definition) is 1. The second-order valence-corrected chi connectivity index (χ2v) is 9.65. The first-order chi connectivity index (χ1) is 18.4. The Morgan fingerprint density at radius 3 is 1.62 bits per heavy atom. The fourth-order valence-corrected chi connectivity index (χ4v) is 6.12. The van der Waals surface area contributed by atoms with Gasteiger partial charge in [0.25, 0.3) is 0 Å². The van der Waals surface area contributed by atoms with Crippen LogP contribution in [0.1, 0.15) is 0 Å². The fraction of sp³-hybridized carbons (Fsp3) is 0. The second-order valence-electron chi connectivity index (χ2n) is 9.65. The molecule has 0 bridgehead atoms. The quantitative estimate of drug-likeness (QED) is 0.228. The van der Waals surface area contributed by atoms with Gasteiger partial charge in [0, 0.05) is 22.1 Å². The van der Waals surface area contributed by atoms with E-state index in [9.17, 15) is 0 Å². The first-order valence-electron chi connectivity index (χ1n) is 12.7. The molecule has 0 unspecified atom stereocenters. The smallest absolute Gasteiger partial charge is 0.143 e. The largest absolute Gasteiger partial charge is 0.455 e. The Hall–Kier alpha value is -4.88.